The maximum absolute atomic E-state index is 12.3. The molecule has 9 N–H and O–H groups in total. The van der Waals surface area contributed by atoms with Crippen LogP contribution in [0.5, 0.6) is 0 Å². The van der Waals surface area contributed by atoms with Crippen molar-refractivity contribution < 1.29 is 19.1 Å². The van der Waals surface area contributed by atoms with Crippen molar-refractivity contribution >= 4 is 17.6 Å². The summed E-state index contributed by atoms with van der Waals surface area (Å²) in [5.74, 6) is -1.30. The molecule has 0 fully saturated rings. The Labute approximate surface area is 150 Å². The zero-order valence-electron chi connectivity index (χ0n) is 14.1. The first-order valence-electron chi connectivity index (χ1n) is 8.11. The zero-order chi connectivity index (χ0) is 19.1. The molecule has 1 aromatic heterocycles. The van der Waals surface area contributed by atoms with E-state index in [0.717, 1.165) is 0 Å². The number of nitrogen functional groups attached to an aromatic ring is 1. The van der Waals surface area contributed by atoms with Gasteiger partial charge in [0.1, 0.15) is 18.1 Å². The quantitative estimate of drug-likeness (QED) is 0.210. The number of furan rings is 1. The fourth-order valence-electron chi connectivity index (χ4n) is 2.39. The third kappa shape index (κ3) is 5.31. The Morgan fingerprint density at radius 3 is 2.54 bits per heavy atom. The van der Waals surface area contributed by atoms with Crippen molar-refractivity contribution in [3.8, 4) is 11.3 Å². The molecule has 0 bridgehead atoms. The Balaban J connectivity index is 1.99. The van der Waals surface area contributed by atoms with Gasteiger partial charge >= 0.3 is 5.97 Å². The van der Waals surface area contributed by atoms with Gasteiger partial charge in [0.25, 0.3) is 5.91 Å². The van der Waals surface area contributed by atoms with Crippen LogP contribution >= 0.6 is 0 Å². The molecule has 2 rings (SSSR count). The minimum Gasteiger partial charge on any atom is -0.480 e. The maximum Gasteiger partial charge on any atom is 0.326 e. The number of carboxylic acids is 1. The minimum absolute atomic E-state index is 0.0107. The number of hydrogen-bond acceptors (Lipinski definition) is 7. The molecule has 1 amide bonds. The molecule has 9 nitrogen and oxygen atoms in total. The summed E-state index contributed by atoms with van der Waals surface area (Å²) >= 11 is 0. The number of carboxylic acid groups (broad SMARTS) is 1. The Kier molecular flexibility index (Phi) is 6.73. The van der Waals surface area contributed by atoms with Crippen LogP contribution in [0.15, 0.2) is 40.8 Å². The van der Waals surface area contributed by atoms with Crippen molar-refractivity contribution in [1.29, 1.82) is 0 Å². The molecule has 1 aromatic carbocycles. The molecule has 0 radical (unpaired) electrons. The molecule has 0 spiro atoms. The van der Waals surface area contributed by atoms with Crippen molar-refractivity contribution in [1.82, 2.24) is 10.6 Å². The third-order valence-corrected chi connectivity index (χ3v) is 3.71. The molecule has 0 aliphatic carbocycles. The number of benzene rings is 1. The second-order valence-electron chi connectivity index (χ2n) is 5.74. The van der Waals surface area contributed by atoms with E-state index in [4.69, 9.17) is 21.6 Å². The standard InChI is InChI=1S/C17H23N5O4/c18-11-5-2-1-4-10(11)13-7-8-14(26-13)15(23)22-12(16(24)25)6-3-9-21-17(19)20/h1-2,4-5,7-8,12,17,21H,3,6,9,18-20H2,(H,22,23)(H,24,25)/t12-/m0/s1. The summed E-state index contributed by atoms with van der Waals surface area (Å²) < 4.78 is 5.52. The Hall–Kier alpha value is -2.88. The fourth-order valence-corrected chi connectivity index (χ4v) is 2.39. The molecule has 0 unspecified atom stereocenters. The number of para-hydroxylation sites is 1. The number of nitrogens with one attached hydrogen (secondary N) is 2. The monoisotopic (exact) mass is 361 g/mol. The smallest absolute Gasteiger partial charge is 0.326 e. The van der Waals surface area contributed by atoms with E-state index in [9.17, 15) is 14.7 Å². The highest BCUT2D eigenvalue weighted by Gasteiger charge is 2.22. The molecule has 0 saturated heterocycles. The van der Waals surface area contributed by atoms with E-state index in [1.807, 2.05) is 0 Å². The number of carbonyl (C=O) groups is 2. The minimum atomic E-state index is -1.13. The predicted molar refractivity (Wildman–Crippen MR) is 96.8 cm³/mol. The second-order valence-corrected chi connectivity index (χ2v) is 5.74. The first kappa shape index (κ1) is 19.4. The number of hydrogen-bond donors (Lipinski definition) is 6. The van der Waals surface area contributed by atoms with Gasteiger partial charge in [0, 0.05) is 11.3 Å². The molecule has 0 aliphatic rings. The molecule has 1 atom stereocenters. The normalized spacial score (nSPS) is 12.1. The topological polar surface area (TPSA) is 170 Å². The number of amides is 1. The van der Waals surface area contributed by atoms with Crippen LogP contribution in [0.3, 0.4) is 0 Å². The second kappa shape index (κ2) is 8.99. The first-order valence-corrected chi connectivity index (χ1v) is 8.11. The third-order valence-electron chi connectivity index (χ3n) is 3.71. The van der Waals surface area contributed by atoms with Gasteiger partial charge in [-0.3, -0.25) is 10.1 Å². The number of rotatable bonds is 9. The Bertz CT molecular complexity index is 759. The van der Waals surface area contributed by atoms with Crippen molar-refractivity contribution in [2.75, 3.05) is 12.3 Å². The lowest BCUT2D eigenvalue weighted by molar-refractivity contribution is -0.139. The Morgan fingerprint density at radius 1 is 1.15 bits per heavy atom. The number of aliphatic carboxylic acids is 1. The van der Waals surface area contributed by atoms with Gasteiger partial charge in [-0.15, -0.1) is 0 Å². The van der Waals surface area contributed by atoms with Crippen LogP contribution in [0.1, 0.15) is 23.4 Å². The molecule has 0 aliphatic heterocycles. The van der Waals surface area contributed by atoms with Gasteiger partial charge in [-0.05, 0) is 43.7 Å². The molecule has 2 aromatic rings. The van der Waals surface area contributed by atoms with Crippen molar-refractivity contribution in [3.05, 3.63) is 42.2 Å². The van der Waals surface area contributed by atoms with E-state index in [1.54, 1.807) is 30.3 Å². The molecule has 9 heteroatoms. The van der Waals surface area contributed by atoms with Crippen molar-refractivity contribution in [2.45, 2.75) is 25.2 Å². The lowest BCUT2D eigenvalue weighted by Crippen LogP contribution is -2.46. The summed E-state index contributed by atoms with van der Waals surface area (Å²) in [6.45, 7) is 0.440. The summed E-state index contributed by atoms with van der Waals surface area (Å²) in [6, 6.07) is 9.13. The van der Waals surface area contributed by atoms with Crippen molar-refractivity contribution in [2.24, 2.45) is 11.5 Å². The van der Waals surface area contributed by atoms with E-state index in [0.29, 0.717) is 30.0 Å². The number of nitrogens with two attached hydrogens (primary N) is 3. The van der Waals surface area contributed by atoms with E-state index < -0.39 is 24.2 Å². The van der Waals surface area contributed by atoms with Gasteiger partial charge in [-0.2, -0.15) is 0 Å². The fraction of sp³-hybridized carbons (Fsp3) is 0.294. The van der Waals surface area contributed by atoms with Gasteiger partial charge in [0.05, 0.1) is 0 Å². The summed E-state index contributed by atoms with van der Waals surface area (Å²) in [4.78, 5) is 23.6. The SMILES string of the molecule is Nc1ccccc1-c1ccc(C(=O)N[C@@H](CCCNC(N)N)C(=O)O)o1. The summed E-state index contributed by atoms with van der Waals surface area (Å²) in [5.41, 5.74) is 17.8. The van der Waals surface area contributed by atoms with Gasteiger partial charge in [0.15, 0.2) is 5.76 Å². The maximum atomic E-state index is 12.3. The number of anilines is 1. The highest BCUT2D eigenvalue weighted by Crippen LogP contribution is 2.27. The van der Waals surface area contributed by atoms with Gasteiger partial charge in [-0.1, -0.05) is 12.1 Å². The van der Waals surface area contributed by atoms with Crippen LogP contribution in [-0.4, -0.2) is 35.9 Å². The number of carbonyl (C=O) groups excluding carboxylic acids is 1. The Morgan fingerprint density at radius 2 is 1.88 bits per heavy atom. The van der Waals surface area contributed by atoms with E-state index >= 15 is 0 Å². The van der Waals surface area contributed by atoms with E-state index in [2.05, 4.69) is 10.6 Å². The van der Waals surface area contributed by atoms with Crippen LogP contribution in [-0.2, 0) is 4.79 Å². The molecular weight excluding hydrogens is 338 g/mol. The predicted octanol–water partition coefficient (Wildman–Crippen LogP) is 0.283. The summed E-state index contributed by atoms with van der Waals surface area (Å²) in [7, 11) is 0. The van der Waals surface area contributed by atoms with Crippen LogP contribution in [0.4, 0.5) is 5.69 Å². The van der Waals surface area contributed by atoms with Crippen LogP contribution in [0.25, 0.3) is 11.3 Å². The average molecular weight is 361 g/mol. The lowest BCUT2D eigenvalue weighted by Gasteiger charge is -2.14. The molecular formula is C17H23N5O4. The van der Waals surface area contributed by atoms with Crippen LogP contribution < -0.4 is 27.8 Å². The average Bonchev–Trinajstić information content (AvgIpc) is 3.07. The summed E-state index contributed by atoms with van der Waals surface area (Å²) in [6.07, 6.45) is 0.0337. The van der Waals surface area contributed by atoms with Gasteiger partial charge < -0.3 is 32.0 Å². The molecule has 1 heterocycles. The van der Waals surface area contributed by atoms with Crippen LogP contribution in [0.2, 0.25) is 0 Å². The lowest BCUT2D eigenvalue weighted by atomic mass is 10.1. The molecule has 140 valence electrons. The van der Waals surface area contributed by atoms with E-state index in [1.165, 1.54) is 6.07 Å². The van der Waals surface area contributed by atoms with Crippen molar-refractivity contribution in [3.63, 3.8) is 0 Å². The van der Waals surface area contributed by atoms with E-state index in [-0.39, 0.29) is 12.2 Å². The van der Waals surface area contributed by atoms with Gasteiger partial charge in [-0.25, -0.2) is 4.79 Å². The largest absolute Gasteiger partial charge is 0.480 e. The highest BCUT2D eigenvalue weighted by atomic mass is 16.4. The first-order chi connectivity index (χ1) is 12.4. The van der Waals surface area contributed by atoms with Crippen LogP contribution in [0, 0.1) is 0 Å². The highest BCUT2D eigenvalue weighted by molar-refractivity contribution is 5.95. The summed E-state index contributed by atoms with van der Waals surface area (Å²) in [5, 5.41) is 14.5. The molecule has 26 heavy (non-hydrogen) atoms. The van der Waals surface area contributed by atoms with Gasteiger partial charge in [0.2, 0.25) is 0 Å². The zero-order valence-corrected chi connectivity index (χ0v) is 14.1. The molecule has 0 saturated carbocycles.